The number of carbonyl (C=O) groups is 2. The molecule has 3 aliphatic carbocycles. The number of amides is 4. The molecule has 0 radical (unpaired) electrons. The molecule has 1 aromatic rings. The van der Waals surface area contributed by atoms with Crippen LogP contribution in [0.4, 0.5) is 24.1 Å². The number of halogens is 2. The van der Waals surface area contributed by atoms with Crippen LogP contribution >= 0.6 is 0 Å². The van der Waals surface area contributed by atoms with Gasteiger partial charge in [0.1, 0.15) is 11.6 Å². The molecular weight excluding hydrogens is 476 g/mol. The van der Waals surface area contributed by atoms with E-state index in [1.54, 1.807) is 4.90 Å². The molecule has 0 aromatic heterocycles. The molecule has 2 fully saturated rings. The van der Waals surface area contributed by atoms with Crippen molar-refractivity contribution in [3.8, 4) is 0 Å². The van der Waals surface area contributed by atoms with Crippen molar-refractivity contribution in [2.45, 2.75) is 46.5 Å². The third kappa shape index (κ3) is 6.43. The Labute approximate surface area is 219 Å². The van der Waals surface area contributed by atoms with Gasteiger partial charge in [0.05, 0.1) is 5.69 Å². The largest absolute Gasteiger partial charge is 0.338 e. The number of hydrogen-bond acceptors (Lipinski definition) is 3. The van der Waals surface area contributed by atoms with Crippen LogP contribution in [0.2, 0.25) is 0 Å². The number of nitrogens with one attached hydrogen (secondary N) is 2. The third-order valence-electron chi connectivity index (χ3n) is 8.57. The zero-order valence-corrected chi connectivity index (χ0v) is 22.4. The predicted molar refractivity (Wildman–Crippen MR) is 141 cm³/mol. The molecule has 4 amide bonds. The van der Waals surface area contributed by atoms with Crippen molar-refractivity contribution in [1.82, 2.24) is 20.0 Å². The van der Waals surface area contributed by atoms with Gasteiger partial charge >= 0.3 is 12.1 Å². The molecule has 2 unspecified atom stereocenters. The second-order valence-corrected chi connectivity index (χ2v) is 11.2. The van der Waals surface area contributed by atoms with Crippen molar-refractivity contribution in [3.63, 3.8) is 0 Å². The van der Waals surface area contributed by atoms with E-state index in [9.17, 15) is 18.4 Å². The Bertz CT molecular complexity index is 1010. The van der Waals surface area contributed by atoms with E-state index in [4.69, 9.17) is 0 Å². The Kier molecular flexibility index (Phi) is 8.72. The van der Waals surface area contributed by atoms with Crippen molar-refractivity contribution in [2.75, 3.05) is 57.7 Å². The quantitative estimate of drug-likeness (QED) is 0.361. The Morgan fingerprint density at radius 3 is 2.57 bits per heavy atom. The fourth-order valence-corrected chi connectivity index (χ4v) is 5.83. The second-order valence-electron chi connectivity index (χ2n) is 11.2. The molecule has 1 aliphatic heterocycles. The van der Waals surface area contributed by atoms with Gasteiger partial charge in [0, 0.05) is 58.4 Å². The SMILES string of the molecule is CCCCNC(=O)N(CCN1CCN(C(=O)Nc2ccc(F)cc2F)CC1)CC1=CCC2CC1C2(C)C. The number of carbonyl (C=O) groups excluding carboxylic acids is 2. The van der Waals surface area contributed by atoms with Crippen LogP contribution < -0.4 is 10.6 Å². The molecule has 37 heavy (non-hydrogen) atoms. The van der Waals surface area contributed by atoms with Crippen LogP contribution in [0.5, 0.6) is 0 Å². The Balaban J connectivity index is 1.28. The van der Waals surface area contributed by atoms with Crippen LogP contribution in [0.1, 0.15) is 46.5 Å². The number of anilines is 1. The van der Waals surface area contributed by atoms with E-state index < -0.39 is 17.7 Å². The summed E-state index contributed by atoms with van der Waals surface area (Å²) in [5.74, 6) is -0.151. The summed E-state index contributed by atoms with van der Waals surface area (Å²) in [5.41, 5.74) is 1.69. The Morgan fingerprint density at radius 1 is 1.16 bits per heavy atom. The van der Waals surface area contributed by atoms with Gasteiger partial charge in [0.25, 0.3) is 0 Å². The van der Waals surface area contributed by atoms with E-state index in [-0.39, 0.29) is 11.7 Å². The summed E-state index contributed by atoms with van der Waals surface area (Å²) in [7, 11) is 0. The number of piperazine rings is 1. The minimum absolute atomic E-state index is 0.00654. The van der Waals surface area contributed by atoms with Gasteiger partial charge in [-0.15, -0.1) is 0 Å². The molecule has 1 saturated carbocycles. The molecule has 204 valence electrons. The molecule has 2 bridgehead atoms. The molecule has 0 spiro atoms. The molecule has 1 saturated heterocycles. The van der Waals surface area contributed by atoms with E-state index in [0.29, 0.717) is 57.1 Å². The number of nitrogens with zero attached hydrogens (tertiary/aromatic N) is 3. The van der Waals surface area contributed by atoms with Crippen LogP contribution in [-0.4, -0.2) is 79.1 Å². The first-order valence-corrected chi connectivity index (χ1v) is 13.6. The van der Waals surface area contributed by atoms with Crippen LogP contribution in [0.15, 0.2) is 29.8 Å². The van der Waals surface area contributed by atoms with Gasteiger partial charge in [-0.05, 0) is 48.6 Å². The molecule has 4 aliphatic rings. The number of allylic oxidation sites excluding steroid dienone is 1. The molecule has 2 atom stereocenters. The summed E-state index contributed by atoms with van der Waals surface area (Å²) in [5, 5.41) is 5.62. The number of unbranched alkanes of at least 4 members (excludes halogenated alkanes) is 1. The zero-order chi connectivity index (χ0) is 26.6. The normalized spacial score (nSPS) is 22.6. The van der Waals surface area contributed by atoms with Crippen LogP contribution in [0.3, 0.4) is 0 Å². The van der Waals surface area contributed by atoms with Crippen LogP contribution in [0.25, 0.3) is 0 Å². The Morgan fingerprint density at radius 2 is 1.92 bits per heavy atom. The van der Waals surface area contributed by atoms with Gasteiger partial charge in [0.2, 0.25) is 0 Å². The predicted octanol–water partition coefficient (Wildman–Crippen LogP) is 4.92. The Hall–Kier alpha value is -2.68. The van der Waals surface area contributed by atoms with Gasteiger partial charge in [-0.2, -0.15) is 0 Å². The first-order valence-electron chi connectivity index (χ1n) is 13.6. The maximum absolute atomic E-state index is 13.9. The maximum Gasteiger partial charge on any atom is 0.322 e. The number of urea groups is 2. The third-order valence-corrected chi connectivity index (χ3v) is 8.57. The first-order chi connectivity index (χ1) is 17.7. The molecule has 7 nitrogen and oxygen atoms in total. The van der Waals surface area contributed by atoms with Gasteiger partial charge in [0.15, 0.2) is 0 Å². The molecule has 1 heterocycles. The highest BCUT2D eigenvalue weighted by molar-refractivity contribution is 5.89. The van der Waals surface area contributed by atoms with E-state index in [1.807, 2.05) is 4.90 Å². The summed E-state index contributed by atoms with van der Waals surface area (Å²) in [6, 6.07) is 2.70. The minimum atomic E-state index is -0.793. The lowest BCUT2D eigenvalue weighted by Gasteiger charge is -2.57. The van der Waals surface area contributed by atoms with E-state index in [2.05, 4.69) is 42.4 Å². The van der Waals surface area contributed by atoms with E-state index >= 15 is 0 Å². The molecule has 1 aromatic carbocycles. The molecule has 9 heteroatoms. The fraction of sp³-hybridized carbons (Fsp3) is 0.643. The maximum atomic E-state index is 13.9. The van der Waals surface area contributed by atoms with Gasteiger partial charge < -0.3 is 20.4 Å². The topological polar surface area (TPSA) is 67.9 Å². The number of rotatable bonds is 9. The lowest BCUT2D eigenvalue weighted by atomic mass is 9.49. The highest BCUT2D eigenvalue weighted by Gasteiger charge is 2.51. The molecular formula is C28H41F2N5O2. The standard InChI is InChI=1S/C28H41F2N5O2/c1-4-5-10-31-26(36)35(19-20-6-7-21-17-23(20)28(21,2)3)16-13-33-11-14-34(15-12-33)27(37)32-25-9-8-22(29)18-24(25)30/h6,8-9,18,21,23H,4-5,7,10-17,19H2,1-3H3,(H,31,36)(H,32,37). The second kappa shape index (κ2) is 11.8. The molecule has 5 rings (SSSR count). The number of benzene rings is 1. The van der Waals surface area contributed by atoms with Gasteiger partial charge in [-0.3, -0.25) is 4.90 Å². The zero-order valence-electron chi connectivity index (χ0n) is 22.4. The van der Waals surface area contributed by atoms with Crippen LogP contribution in [0, 0.1) is 28.9 Å². The summed E-state index contributed by atoms with van der Waals surface area (Å²) in [4.78, 5) is 31.5. The van der Waals surface area contributed by atoms with E-state index in [0.717, 1.165) is 43.9 Å². The van der Waals surface area contributed by atoms with Crippen molar-refractivity contribution >= 4 is 17.7 Å². The number of fused-ring (bicyclic) bond motifs is 1. The average Bonchev–Trinajstić information content (AvgIpc) is 2.88. The average molecular weight is 518 g/mol. The van der Waals surface area contributed by atoms with Crippen molar-refractivity contribution in [2.24, 2.45) is 17.3 Å². The van der Waals surface area contributed by atoms with Crippen LogP contribution in [-0.2, 0) is 0 Å². The first kappa shape index (κ1) is 27.4. The highest BCUT2D eigenvalue weighted by Crippen LogP contribution is 2.59. The van der Waals surface area contributed by atoms with Crippen molar-refractivity contribution in [3.05, 3.63) is 41.5 Å². The summed E-state index contributed by atoms with van der Waals surface area (Å²) >= 11 is 0. The van der Waals surface area contributed by atoms with E-state index in [1.165, 1.54) is 18.1 Å². The lowest BCUT2D eigenvalue weighted by Crippen LogP contribution is -2.53. The lowest BCUT2D eigenvalue weighted by molar-refractivity contribution is -0.00982. The summed E-state index contributed by atoms with van der Waals surface area (Å²) in [6.07, 6.45) is 6.70. The number of hydrogen-bond donors (Lipinski definition) is 2. The molecule has 2 N–H and O–H groups in total. The summed E-state index contributed by atoms with van der Waals surface area (Å²) in [6.45, 7) is 11.9. The van der Waals surface area contributed by atoms with Gasteiger partial charge in [-0.25, -0.2) is 18.4 Å². The van der Waals surface area contributed by atoms with Crippen molar-refractivity contribution < 1.29 is 18.4 Å². The summed E-state index contributed by atoms with van der Waals surface area (Å²) < 4.78 is 27.0. The fourth-order valence-electron chi connectivity index (χ4n) is 5.83. The smallest absolute Gasteiger partial charge is 0.322 e. The van der Waals surface area contributed by atoms with Gasteiger partial charge in [-0.1, -0.05) is 38.8 Å². The monoisotopic (exact) mass is 517 g/mol. The minimum Gasteiger partial charge on any atom is -0.338 e. The highest BCUT2D eigenvalue weighted by atomic mass is 19.1. The van der Waals surface area contributed by atoms with Crippen molar-refractivity contribution in [1.29, 1.82) is 0 Å².